The van der Waals surface area contributed by atoms with E-state index in [0.717, 1.165) is 0 Å². The van der Waals surface area contributed by atoms with E-state index < -0.39 is 6.03 Å². The van der Waals surface area contributed by atoms with Crippen LogP contribution in [0, 0.1) is 0 Å². The molecule has 0 bridgehead atoms. The van der Waals surface area contributed by atoms with E-state index in [0.29, 0.717) is 21.4 Å². The van der Waals surface area contributed by atoms with Crippen molar-refractivity contribution in [2.75, 3.05) is 16.4 Å². The maximum absolute atomic E-state index is 11.8. The number of carbonyl (C=O) groups excluding carboxylic acids is 1. The summed E-state index contributed by atoms with van der Waals surface area (Å²) in [5, 5.41) is 15.1. The lowest BCUT2D eigenvalue weighted by Crippen LogP contribution is -2.20. The van der Waals surface area contributed by atoms with E-state index in [2.05, 4.69) is 10.6 Å². The van der Waals surface area contributed by atoms with Gasteiger partial charge in [-0.1, -0.05) is 23.2 Å². The lowest BCUT2D eigenvalue weighted by molar-refractivity contribution is 0.262. The number of phenolic OH excluding ortho intramolecular Hbond substituents is 1. The molecular formula is C13H11Cl2N3O2. The monoisotopic (exact) mass is 311 g/mol. The first-order valence-electron chi connectivity index (χ1n) is 5.57. The van der Waals surface area contributed by atoms with Crippen molar-refractivity contribution in [3.05, 3.63) is 46.4 Å². The van der Waals surface area contributed by atoms with Crippen molar-refractivity contribution in [2.24, 2.45) is 0 Å². The minimum Gasteiger partial charge on any atom is -0.508 e. The molecule has 2 rings (SSSR count). The van der Waals surface area contributed by atoms with Gasteiger partial charge in [0.25, 0.3) is 0 Å². The SMILES string of the molecule is Nc1cc(O)ccc1NC(=O)Nc1ccc(Cl)c(Cl)c1. The summed E-state index contributed by atoms with van der Waals surface area (Å²) in [5.74, 6) is 0.0259. The molecule has 7 heteroatoms. The Bertz CT molecular complexity index is 662. The van der Waals surface area contributed by atoms with Crippen LogP contribution in [0.2, 0.25) is 10.0 Å². The van der Waals surface area contributed by atoms with Gasteiger partial charge in [-0.05, 0) is 30.3 Å². The van der Waals surface area contributed by atoms with Gasteiger partial charge in [-0.3, -0.25) is 0 Å². The molecule has 104 valence electrons. The van der Waals surface area contributed by atoms with Gasteiger partial charge < -0.3 is 21.5 Å². The molecule has 0 heterocycles. The van der Waals surface area contributed by atoms with E-state index in [1.807, 2.05) is 0 Å². The van der Waals surface area contributed by atoms with Crippen molar-refractivity contribution in [2.45, 2.75) is 0 Å². The first kappa shape index (κ1) is 14.3. The molecule has 5 nitrogen and oxygen atoms in total. The summed E-state index contributed by atoms with van der Waals surface area (Å²) >= 11 is 11.6. The van der Waals surface area contributed by atoms with Crippen LogP contribution in [0.5, 0.6) is 5.75 Å². The molecule has 2 aromatic carbocycles. The second kappa shape index (κ2) is 5.90. The Hall–Kier alpha value is -2.11. The van der Waals surface area contributed by atoms with Crippen LogP contribution in [0.4, 0.5) is 21.9 Å². The van der Waals surface area contributed by atoms with Gasteiger partial charge in [-0.2, -0.15) is 0 Å². The van der Waals surface area contributed by atoms with Gasteiger partial charge in [-0.25, -0.2) is 4.79 Å². The van der Waals surface area contributed by atoms with E-state index in [1.165, 1.54) is 24.3 Å². The molecule has 2 amide bonds. The number of phenols is 1. The van der Waals surface area contributed by atoms with Crippen LogP contribution in [0.1, 0.15) is 0 Å². The fraction of sp³-hybridized carbons (Fsp3) is 0. The Labute approximate surface area is 125 Å². The third-order valence-corrected chi connectivity index (χ3v) is 3.20. The number of halogens is 2. The number of benzene rings is 2. The number of rotatable bonds is 2. The van der Waals surface area contributed by atoms with Gasteiger partial charge >= 0.3 is 6.03 Å². The van der Waals surface area contributed by atoms with Crippen LogP contribution in [-0.4, -0.2) is 11.1 Å². The number of carbonyl (C=O) groups is 1. The van der Waals surface area contributed by atoms with Crippen LogP contribution in [0.25, 0.3) is 0 Å². The van der Waals surface area contributed by atoms with E-state index in [4.69, 9.17) is 28.9 Å². The first-order valence-corrected chi connectivity index (χ1v) is 6.33. The summed E-state index contributed by atoms with van der Waals surface area (Å²) in [6, 6.07) is 8.51. The maximum Gasteiger partial charge on any atom is 0.323 e. The number of nitrogens with two attached hydrogens (primary N) is 1. The lowest BCUT2D eigenvalue weighted by atomic mass is 10.2. The van der Waals surface area contributed by atoms with E-state index in [-0.39, 0.29) is 11.4 Å². The summed E-state index contributed by atoms with van der Waals surface area (Å²) in [7, 11) is 0. The normalized spacial score (nSPS) is 10.1. The Morgan fingerprint density at radius 3 is 2.45 bits per heavy atom. The average molecular weight is 312 g/mol. The topological polar surface area (TPSA) is 87.4 Å². The predicted molar refractivity (Wildman–Crippen MR) is 81.6 cm³/mol. The zero-order valence-corrected chi connectivity index (χ0v) is 11.7. The van der Waals surface area contributed by atoms with Crippen LogP contribution >= 0.6 is 23.2 Å². The average Bonchev–Trinajstić information content (AvgIpc) is 2.37. The molecule has 0 aliphatic carbocycles. The molecule has 2 aromatic rings. The molecule has 0 spiro atoms. The van der Waals surface area contributed by atoms with Crippen molar-refractivity contribution in [3.8, 4) is 5.75 Å². The summed E-state index contributed by atoms with van der Waals surface area (Å²) in [4.78, 5) is 11.8. The van der Waals surface area contributed by atoms with Crippen molar-refractivity contribution < 1.29 is 9.90 Å². The van der Waals surface area contributed by atoms with Crippen molar-refractivity contribution in [3.63, 3.8) is 0 Å². The third-order valence-electron chi connectivity index (χ3n) is 2.46. The standard InChI is InChI=1S/C13H11Cl2N3O2/c14-9-3-1-7(5-10(9)15)17-13(20)18-12-4-2-8(19)6-11(12)16/h1-6,19H,16H2,(H2,17,18,20). The second-order valence-electron chi connectivity index (χ2n) is 3.98. The number of aromatic hydroxyl groups is 1. The summed E-state index contributed by atoms with van der Waals surface area (Å²) in [6.07, 6.45) is 0. The molecule has 0 unspecified atom stereocenters. The Kier molecular flexibility index (Phi) is 4.22. The number of hydrogen-bond acceptors (Lipinski definition) is 3. The maximum atomic E-state index is 11.8. The highest BCUT2D eigenvalue weighted by Gasteiger charge is 2.07. The zero-order valence-electron chi connectivity index (χ0n) is 10.2. The van der Waals surface area contributed by atoms with Crippen LogP contribution in [0.15, 0.2) is 36.4 Å². The molecule has 0 saturated heterocycles. The van der Waals surface area contributed by atoms with Gasteiger partial charge in [0.1, 0.15) is 5.75 Å². The fourth-order valence-electron chi connectivity index (χ4n) is 1.52. The van der Waals surface area contributed by atoms with Gasteiger partial charge in [0.15, 0.2) is 0 Å². The lowest BCUT2D eigenvalue weighted by Gasteiger charge is -2.10. The first-order chi connectivity index (χ1) is 9.45. The Morgan fingerprint density at radius 1 is 1.05 bits per heavy atom. The number of urea groups is 1. The number of hydrogen-bond donors (Lipinski definition) is 4. The molecule has 0 fully saturated rings. The minimum atomic E-state index is -0.485. The minimum absolute atomic E-state index is 0.0259. The number of nitrogens with one attached hydrogen (secondary N) is 2. The van der Waals surface area contributed by atoms with Crippen LogP contribution in [0.3, 0.4) is 0 Å². The van der Waals surface area contributed by atoms with E-state index in [9.17, 15) is 9.90 Å². The summed E-state index contributed by atoms with van der Waals surface area (Å²) in [6.45, 7) is 0. The second-order valence-corrected chi connectivity index (χ2v) is 4.79. The number of anilines is 3. The highest BCUT2D eigenvalue weighted by molar-refractivity contribution is 6.42. The molecule has 0 aliphatic heterocycles. The smallest absolute Gasteiger partial charge is 0.323 e. The highest BCUT2D eigenvalue weighted by Crippen LogP contribution is 2.26. The Morgan fingerprint density at radius 2 is 1.80 bits per heavy atom. The van der Waals surface area contributed by atoms with Gasteiger partial charge in [0.05, 0.1) is 21.4 Å². The molecular weight excluding hydrogens is 301 g/mol. The molecule has 0 saturated carbocycles. The Balaban J connectivity index is 2.07. The molecule has 0 aliphatic rings. The van der Waals surface area contributed by atoms with Crippen molar-refractivity contribution >= 4 is 46.3 Å². The fourth-order valence-corrected chi connectivity index (χ4v) is 1.82. The summed E-state index contributed by atoms with van der Waals surface area (Å²) < 4.78 is 0. The third kappa shape index (κ3) is 3.46. The van der Waals surface area contributed by atoms with Crippen molar-refractivity contribution in [1.82, 2.24) is 0 Å². The number of nitrogen functional groups attached to an aromatic ring is 1. The van der Waals surface area contributed by atoms with Gasteiger partial charge in [-0.15, -0.1) is 0 Å². The van der Waals surface area contributed by atoms with Gasteiger partial charge in [0, 0.05) is 11.8 Å². The van der Waals surface area contributed by atoms with Crippen LogP contribution in [-0.2, 0) is 0 Å². The quantitative estimate of drug-likeness (QED) is 0.500. The van der Waals surface area contributed by atoms with E-state index in [1.54, 1.807) is 12.1 Å². The predicted octanol–water partition coefficient (Wildman–Crippen LogP) is 3.93. The summed E-state index contributed by atoms with van der Waals surface area (Å²) in [5.41, 5.74) is 6.81. The van der Waals surface area contributed by atoms with Crippen LogP contribution < -0.4 is 16.4 Å². The van der Waals surface area contributed by atoms with E-state index >= 15 is 0 Å². The van der Waals surface area contributed by atoms with Gasteiger partial charge in [0.2, 0.25) is 0 Å². The molecule has 5 N–H and O–H groups in total. The largest absolute Gasteiger partial charge is 0.508 e. The highest BCUT2D eigenvalue weighted by atomic mass is 35.5. The molecule has 0 atom stereocenters. The molecule has 20 heavy (non-hydrogen) atoms. The number of amides is 2. The molecule has 0 radical (unpaired) electrons. The molecule has 0 aromatic heterocycles. The van der Waals surface area contributed by atoms with Crippen molar-refractivity contribution in [1.29, 1.82) is 0 Å². The zero-order chi connectivity index (χ0) is 14.7.